The Kier molecular flexibility index (Phi) is 3.27. The average molecular weight is 296 g/mol. The fourth-order valence-corrected chi connectivity index (χ4v) is 2.49. The Morgan fingerprint density at radius 3 is 2.71 bits per heavy atom. The van der Waals surface area contributed by atoms with Crippen molar-refractivity contribution in [2.75, 3.05) is 6.54 Å². The second kappa shape index (κ2) is 4.42. The van der Waals surface area contributed by atoms with Gasteiger partial charge in [-0.2, -0.15) is 0 Å². The van der Waals surface area contributed by atoms with Crippen molar-refractivity contribution < 1.29 is 0 Å². The van der Waals surface area contributed by atoms with Crippen molar-refractivity contribution in [2.24, 2.45) is 5.73 Å². The topological polar surface area (TPSA) is 43.3 Å². The molecule has 92 valence electrons. The van der Waals surface area contributed by atoms with Gasteiger partial charge in [-0.15, -0.1) is 0 Å². The summed E-state index contributed by atoms with van der Waals surface area (Å²) in [6.45, 7) is 7.19. The third-order valence-corrected chi connectivity index (χ3v) is 3.41. The first-order valence-corrected chi connectivity index (χ1v) is 6.60. The van der Waals surface area contributed by atoms with E-state index in [2.05, 4.69) is 41.1 Å². The zero-order chi connectivity index (χ0) is 12.6. The van der Waals surface area contributed by atoms with Gasteiger partial charge in [-0.05, 0) is 34.6 Å². The summed E-state index contributed by atoms with van der Waals surface area (Å²) in [6.07, 6.45) is 2.90. The van der Waals surface area contributed by atoms with E-state index in [1.54, 1.807) is 0 Å². The standard InChI is InChI=1S/C13H18BrN3/c1-13(2,3)11-10(6-7-15)17-8-4-5-9(14)12(17)16-11/h4-5,8H,6-7,15H2,1-3H3. The predicted molar refractivity (Wildman–Crippen MR) is 74.4 cm³/mol. The highest BCUT2D eigenvalue weighted by Crippen LogP contribution is 2.29. The molecule has 17 heavy (non-hydrogen) atoms. The third-order valence-electron chi connectivity index (χ3n) is 2.79. The zero-order valence-corrected chi connectivity index (χ0v) is 12.1. The van der Waals surface area contributed by atoms with Gasteiger partial charge >= 0.3 is 0 Å². The highest BCUT2D eigenvalue weighted by Gasteiger charge is 2.23. The quantitative estimate of drug-likeness (QED) is 0.926. The van der Waals surface area contributed by atoms with Crippen molar-refractivity contribution in [3.05, 3.63) is 34.2 Å². The smallest absolute Gasteiger partial charge is 0.151 e. The van der Waals surface area contributed by atoms with Gasteiger partial charge < -0.3 is 10.1 Å². The van der Waals surface area contributed by atoms with Gasteiger partial charge in [-0.25, -0.2) is 4.98 Å². The molecule has 0 amide bonds. The van der Waals surface area contributed by atoms with Crippen LogP contribution in [0.25, 0.3) is 5.65 Å². The van der Waals surface area contributed by atoms with Crippen molar-refractivity contribution in [1.82, 2.24) is 9.38 Å². The van der Waals surface area contributed by atoms with Crippen molar-refractivity contribution in [1.29, 1.82) is 0 Å². The van der Waals surface area contributed by atoms with Crippen LogP contribution in [0, 0.1) is 0 Å². The maximum Gasteiger partial charge on any atom is 0.151 e. The van der Waals surface area contributed by atoms with E-state index in [4.69, 9.17) is 10.7 Å². The third kappa shape index (κ3) is 2.24. The lowest BCUT2D eigenvalue weighted by Crippen LogP contribution is -2.17. The average Bonchev–Trinajstić information content (AvgIpc) is 2.59. The maximum atomic E-state index is 5.71. The minimum Gasteiger partial charge on any atom is -0.330 e. The summed E-state index contributed by atoms with van der Waals surface area (Å²) in [5.74, 6) is 0. The second-order valence-corrected chi connectivity index (χ2v) is 6.10. The van der Waals surface area contributed by atoms with Gasteiger partial charge in [0.25, 0.3) is 0 Å². The number of imidazole rings is 1. The Hall–Kier alpha value is -0.870. The van der Waals surface area contributed by atoms with Crippen molar-refractivity contribution in [3.8, 4) is 0 Å². The van der Waals surface area contributed by atoms with Crippen LogP contribution in [-0.4, -0.2) is 15.9 Å². The first-order chi connectivity index (χ1) is 7.95. The second-order valence-electron chi connectivity index (χ2n) is 5.25. The normalized spacial score (nSPS) is 12.3. The Balaban J connectivity index is 2.75. The van der Waals surface area contributed by atoms with E-state index in [-0.39, 0.29) is 5.41 Å². The molecule has 2 aromatic heterocycles. The summed E-state index contributed by atoms with van der Waals surface area (Å²) in [7, 11) is 0. The molecule has 4 heteroatoms. The highest BCUT2D eigenvalue weighted by atomic mass is 79.9. The first kappa shape index (κ1) is 12.6. The zero-order valence-electron chi connectivity index (χ0n) is 10.5. The lowest BCUT2D eigenvalue weighted by Gasteiger charge is -2.17. The summed E-state index contributed by atoms with van der Waals surface area (Å²) in [4.78, 5) is 4.76. The molecule has 0 aliphatic carbocycles. The van der Waals surface area contributed by atoms with Gasteiger partial charge in [0.15, 0.2) is 5.65 Å². The van der Waals surface area contributed by atoms with Crippen LogP contribution < -0.4 is 5.73 Å². The largest absolute Gasteiger partial charge is 0.330 e. The van der Waals surface area contributed by atoms with E-state index >= 15 is 0 Å². The van der Waals surface area contributed by atoms with Gasteiger partial charge in [-0.1, -0.05) is 20.8 Å². The van der Waals surface area contributed by atoms with Crippen LogP contribution in [0.15, 0.2) is 22.8 Å². The van der Waals surface area contributed by atoms with Crippen LogP contribution in [0.4, 0.5) is 0 Å². The molecule has 0 unspecified atom stereocenters. The van der Waals surface area contributed by atoms with Gasteiger partial charge in [0, 0.05) is 23.7 Å². The molecule has 0 spiro atoms. The number of nitrogens with zero attached hydrogens (tertiary/aromatic N) is 2. The Bertz CT molecular complexity index is 537. The lowest BCUT2D eigenvalue weighted by atomic mass is 9.90. The highest BCUT2D eigenvalue weighted by molar-refractivity contribution is 9.10. The van der Waals surface area contributed by atoms with Crippen LogP contribution in [-0.2, 0) is 11.8 Å². The first-order valence-electron chi connectivity index (χ1n) is 5.81. The molecule has 0 saturated heterocycles. The van der Waals surface area contributed by atoms with Crippen LogP contribution in [0.2, 0.25) is 0 Å². The Morgan fingerprint density at radius 1 is 1.41 bits per heavy atom. The molecule has 0 saturated carbocycles. The molecule has 2 aromatic rings. The van der Waals surface area contributed by atoms with E-state index in [9.17, 15) is 0 Å². The number of halogens is 1. The molecule has 2 heterocycles. The van der Waals surface area contributed by atoms with Crippen LogP contribution >= 0.6 is 15.9 Å². The predicted octanol–water partition coefficient (Wildman–Crippen LogP) is 2.90. The molecule has 0 aliphatic heterocycles. The van der Waals surface area contributed by atoms with E-state index in [0.29, 0.717) is 6.54 Å². The van der Waals surface area contributed by atoms with Crippen LogP contribution in [0.1, 0.15) is 32.2 Å². The van der Waals surface area contributed by atoms with Crippen molar-refractivity contribution in [3.63, 3.8) is 0 Å². The molecule has 0 radical (unpaired) electrons. The summed E-state index contributed by atoms with van der Waals surface area (Å²) < 4.78 is 3.16. The van der Waals surface area contributed by atoms with Crippen molar-refractivity contribution in [2.45, 2.75) is 32.6 Å². The summed E-state index contributed by atoms with van der Waals surface area (Å²) in [5.41, 5.74) is 9.07. The number of hydrogen-bond donors (Lipinski definition) is 1. The van der Waals surface area contributed by atoms with Gasteiger partial charge in [0.2, 0.25) is 0 Å². The maximum absolute atomic E-state index is 5.71. The Labute approximate surface area is 110 Å². The van der Waals surface area contributed by atoms with Gasteiger partial charge in [0.1, 0.15) is 0 Å². The molecular formula is C13H18BrN3. The molecule has 0 fully saturated rings. The van der Waals surface area contributed by atoms with E-state index in [1.165, 1.54) is 5.69 Å². The number of rotatable bonds is 2. The number of fused-ring (bicyclic) bond motifs is 1. The van der Waals surface area contributed by atoms with Gasteiger partial charge in [0.05, 0.1) is 10.2 Å². The molecule has 0 bridgehead atoms. The number of nitrogens with two attached hydrogens (primary N) is 1. The number of pyridine rings is 1. The van der Waals surface area contributed by atoms with E-state index in [0.717, 1.165) is 22.2 Å². The molecule has 2 rings (SSSR count). The number of aromatic nitrogens is 2. The van der Waals surface area contributed by atoms with Crippen LogP contribution in [0.5, 0.6) is 0 Å². The fraction of sp³-hybridized carbons (Fsp3) is 0.462. The summed E-state index contributed by atoms with van der Waals surface area (Å²) in [5, 5.41) is 0. The fourth-order valence-electron chi connectivity index (χ4n) is 2.06. The molecular weight excluding hydrogens is 278 g/mol. The minimum absolute atomic E-state index is 0.0377. The molecule has 2 N–H and O–H groups in total. The Morgan fingerprint density at radius 2 is 2.12 bits per heavy atom. The summed E-state index contributed by atoms with van der Waals surface area (Å²) >= 11 is 3.55. The summed E-state index contributed by atoms with van der Waals surface area (Å²) in [6, 6.07) is 4.03. The molecule has 0 aliphatic rings. The minimum atomic E-state index is 0.0377. The van der Waals surface area contributed by atoms with Gasteiger partial charge in [-0.3, -0.25) is 0 Å². The number of hydrogen-bond acceptors (Lipinski definition) is 2. The van der Waals surface area contributed by atoms with E-state index < -0.39 is 0 Å². The SMILES string of the molecule is CC(C)(C)c1nc2c(Br)cccn2c1CCN. The molecule has 3 nitrogen and oxygen atoms in total. The monoisotopic (exact) mass is 295 g/mol. The van der Waals surface area contributed by atoms with Crippen molar-refractivity contribution >= 4 is 21.6 Å². The van der Waals surface area contributed by atoms with Crippen LogP contribution in [0.3, 0.4) is 0 Å². The van der Waals surface area contributed by atoms with E-state index in [1.807, 2.05) is 18.3 Å². The lowest BCUT2D eigenvalue weighted by molar-refractivity contribution is 0.563. The molecule has 0 atom stereocenters. The molecule has 0 aromatic carbocycles.